The molecule has 9 aromatic carbocycles. The molecule has 1 nitrogen and oxygen atoms in total. The molecule has 0 fully saturated rings. The summed E-state index contributed by atoms with van der Waals surface area (Å²) in [5.41, 5.74) is 13.6. The SMILES string of the molecule is CC1(C)c2ccccc2-c2ccc(N(c3ccc(-c4ccc(-c5ccc([Si](C)(C)C)cc5)cc4)cc3)c3ccc([Si](c4ccccc4)(c4ccccc4)c4ccccc4)cc3)cc21. The minimum atomic E-state index is -2.68. The van der Waals surface area contributed by atoms with Crippen LogP contribution in [0.15, 0.2) is 231 Å². The van der Waals surface area contributed by atoms with Crippen molar-refractivity contribution in [2.45, 2.75) is 38.9 Å². The lowest BCUT2D eigenvalue weighted by Gasteiger charge is -2.35. The lowest BCUT2D eigenvalue weighted by molar-refractivity contribution is 0.660. The topological polar surface area (TPSA) is 3.24 Å². The molecule has 0 saturated carbocycles. The van der Waals surface area contributed by atoms with E-state index in [9.17, 15) is 0 Å². The van der Waals surface area contributed by atoms with Gasteiger partial charge in [0.2, 0.25) is 0 Å². The Kier molecular flexibility index (Phi) is 10.3. The van der Waals surface area contributed by atoms with E-state index in [1.165, 1.54) is 70.4 Å². The van der Waals surface area contributed by atoms with E-state index in [-0.39, 0.29) is 5.41 Å². The largest absolute Gasteiger partial charge is 0.310 e. The molecule has 0 atom stereocenters. The van der Waals surface area contributed by atoms with Crippen LogP contribution in [0.4, 0.5) is 17.1 Å². The smallest absolute Gasteiger partial charge is 0.179 e. The van der Waals surface area contributed by atoms with Crippen molar-refractivity contribution >= 4 is 59.1 Å². The summed E-state index contributed by atoms with van der Waals surface area (Å²) >= 11 is 0. The molecule has 0 N–H and O–H groups in total. The Morgan fingerprint density at radius 2 is 0.667 bits per heavy atom. The third-order valence-electron chi connectivity index (χ3n) is 13.4. The lowest BCUT2D eigenvalue weighted by Crippen LogP contribution is -2.74. The van der Waals surface area contributed by atoms with Crippen LogP contribution in [0.3, 0.4) is 0 Å². The number of nitrogens with zero attached hydrogens (tertiary/aromatic N) is 1. The summed E-state index contributed by atoms with van der Waals surface area (Å²) < 4.78 is 0. The van der Waals surface area contributed by atoms with E-state index in [0.29, 0.717) is 0 Å². The fraction of sp³-hybridized carbons (Fsp3) is 0.100. The zero-order valence-corrected chi connectivity index (χ0v) is 38.9. The number of hydrogen-bond donors (Lipinski definition) is 0. The standard InChI is InChI=1S/C60H53NSi2/c1-60(2)58-24-16-15-23-56(58)57-42-37-50(43-59(57)60)61(48-33-29-46(30-34-48)44-25-27-45(28-26-44)47-31-38-51(39-32-47)62(3,4)5)49-35-40-55(41-36-49)63(52-17-9-6-10-18-52,53-19-11-7-12-20-53)54-21-13-8-14-22-54/h6-43H,1-5H3. The summed E-state index contributed by atoms with van der Waals surface area (Å²) in [5.74, 6) is 0. The molecular weight excluding hydrogens is 791 g/mol. The minimum absolute atomic E-state index is 0.115. The predicted octanol–water partition coefficient (Wildman–Crippen LogP) is 12.7. The molecule has 1 aliphatic carbocycles. The normalized spacial score (nSPS) is 13.0. The monoisotopic (exact) mass is 843 g/mol. The van der Waals surface area contributed by atoms with Gasteiger partial charge in [-0.05, 0) is 102 Å². The van der Waals surface area contributed by atoms with E-state index >= 15 is 0 Å². The Balaban J connectivity index is 1.07. The molecule has 0 amide bonds. The molecule has 63 heavy (non-hydrogen) atoms. The Bertz CT molecular complexity index is 2910. The third kappa shape index (κ3) is 7.21. The summed E-state index contributed by atoms with van der Waals surface area (Å²) in [6.07, 6.45) is 0. The summed E-state index contributed by atoms with van der Waals surface area (Å²) in [7, 11) is -4.03. The first-order chi connectivity index (χ1) is 30.6. The van der Waals surface area contributed by atoms with Crippen molar-refractivity contribution in [2.24, 2.45) is 0 Å². The molecular formula is C60H53NSi2. The van der Waals surface area contributed by atoms with Crippen molar-refractivity contribution in [3.63, 3.8) is 0 Å². The van der Waals surface area contributed by atoms with Crippen molar-refractivity contribution in [1.29, 1.82) is 0 Å². The second-order valence-electron chi connectivity index (χ2n) is 18.6. The van der Waals surface area contributed by atoms with Gasteiger partial charge in [0.05, 0.1) is 8.07 Å². The van der Waals surface area contributed by atoms with Crippen LogP contribution < -0.4 is 30.8 Å². The van der Waals surface area contributed by atoms with Crippen molar-refractivity contribution in [2.75, 3.05) is 4.90 Å². The Morgan fingerprint density at radius 1 is 0.317 bits per heavy atom. The maximum atomic E-state index is 2.44. The van der Waals surface area contributed by atoms with E-state index in [0.717, 1.165) is 17.1 Å². The minimum Gasteiger partial charge on any atom is -0.310 e. The average Bonchev–Trinajstić information content (AvgIpc) is 3.56. The third-order valence-corrected chi connectivity index (χ3v) is 20.3. The van der Waals surface area contributed by atoms with Crippen molar-refractivity contribution in [3.8, 4) is 33.4 Å². The molecule has 0 aliphatic heterocycles. The molecule has 0 radical (unpaired) electrons. The first kappa shape index (κ1) is 40.3. The summed E-state index contributed by atoms with van der Waals surface area (Å²) in [6, 6.07) is 86.4. The Morgan fingerprint density at radius 3 is 1.14 bits per heavy atom. The van der Waals surface area contributed by atoms with Crippen LogP contribution in [0.25, 0.3) is 33.4 Å². The molecule has 0 aromatic heterocycles. The van der Waals surface area contributed by atoms with Gasteiger partial charge >= 0.3 is 0 Å². The van der Waals surface area contributed by atoms with E-state index in [1.807, 2.05) is 0 Å². The summed E-state index contributed by atoms with van der Waals surface area (Å²) in [6.45, 7) is 11.9. The predicted molar refractivity (Wildman–Crippen MR) is 276 cm³/mol. The zero-order valence-electron chi connectivity index (χ0n) is 36.9. The van der Waals surface area contributed by atoms with Gasteiger partial charge in [0.15, 0.2) is 8.07 Å². The van der Waals surface area contributed by atoms with Crippen molar-refractivity contribution in [3.05, 3.63) is 242 Å². The second kappa shape index (κ2) is 16.2. The van der Waals surface area contributed by atoms with Crippen LogP contribution in [0.5, 0.6) is 0 Å². The van der Waals surface area contributed by atoms with Crippen molar-refractivity contribution < 1.29 is 0 Å². The maximum absolute atomic E-state index is 2.68. The van der Waals surface area contributed by atoms with Gasteiger partial charge in [-0.2, -0.15) is 0 Å². The molecule has 0 unspecified atom stereocenters. The number of hydrogen-bond acceptors (Lipinski definition) is 1. The fourth-order valence-corrected chi connectivity index (χ4v) is 15.9. The highest BCUT2D eigenvalue weighted by Gasteiger charge is 2.41. The van der Waals surface area contributed by atoms with Gasteiger partial charge in [-0.25, -0.2) is 0 Å². The van der Waals surface area contributed by atoms with Gasteiger partial charge in [-0.15, -0.1) is 0 Å². The molecule has 1 aliphatic rings. The van der Waals surface area contributed by atoms with Gasteiger partial charge < -0.3 is 4.90 Å². The Hall–Kier alpha value is -6.79. The van der Waals surface area contributed by atoms with E-state index < -0.39 is 16.1 Å². The van der Waals surface area contributed by atoms with Crippen LogP contribution >= 0.6 is 0 Å². The molecule has 9 aromatic rings. The highest BCUT2D eigenvalue weighted by atomic mass is 28.3. The molecule has 0 heterocycles. The van der Waals surface area contributed by atoms with Crippen LogP contribution in [-0.2, 0) is 5.41 Å². The molecule has 10 rings (SSSR count). The van der Waals surface area contributed by atoms with Crippen molar-refractivity contribution in [1.82, 2.24) is 0 Å². The molecule has 3 heteroatoms. The van der Waals surface area contributed by atoms with E-state index in [2.05, 4.69) is 269 Å². The average molecular weight is 844 g/mol. The lowest BCUT2D eigenvalue weighted by atomic mass is 9.82. The van der Waals surface area contributed by atoms with Gasteiger partial charge in [-0.3, -0.25) is 0 Å². The number of anilines is 3. The number of fused-ring (bicyclic) bond motifs is 3. The maximum Gasteiger partial charge on any atom is 0.179 e. The zero-order chi connectivity index (χ0) is 43.2. The van der Waals surface area contributed by atoms with Gasteiger partial charge in [0, 0.05) is 22.5 Å². The summed E-state index contributed by atoms with van der Waals surface area (Å²) in [5, 5.41) is 6.96. The first-order valence-corrected chi connectivity index (χ1v) is 27.8. The summed E-state index contributed by atoms with van der Waals surface area (Å²) in [4.78, 5) is 2.44. The van der Waals surface area contributed by atoms with Crippen LogP contribution in [0.1, 0.15) is 25.0 Å². The quantitative estimate of drug-likeness (QED) is 0.0979. The molecule has 0 spiro atoms. The number of benzene rings is 9. The highest BCUT2D eigenvalue weighted by Crippen LogP contribution is 2.50. The molecule has 0 bridgehead atoms. The number of rotatable bonds is 10. The van der Waals surface area contributed by atoms with Crippen LogP contribution in [-0.4, -0.2) is 16.1 Å². The van der Waals surface area contributed by atoms with Crippen LogP contribution in [0.2, 0.25) is 19.6 Å². The highest BCUT2D eigenvalue weighted by molar-refractivity contribution is 7.19. The van der Waals surface area contributed by atoms with Gasteiger partial charge in [0.25, 0.3) is 0 Å². The van der Waals surface area contributed by atoms with E-state index in [1.54, 1.807) is 0 Å². The van der Waals surface area contributed by atoms with E-state index in [4.69, 9.17) is 0 Å². The second-order valence-corrected chi connectivity index (χ2v) is 27.5. The fourth-order valence-electron chi connectivity index (χ4n) is 10.0. The molecule has 0 saturated heterocycles. The molecule has 306 valence electrons. The first-order valence-electron chi connectivity index (χ1n) is 22.3. The van der Waals surface area contributed by atoms with Crippen LogP contribution in [0, 0.1) is 0 Å². The van der Waals surface area contributed by atoms with Gasteiger partial charge in [0.1, 0.15) is 0 Å². The van der Waals surface area contributed by atoms with Gasteiger partial charge in [-0.1, -0.05) is 233 Å². The Labute approximate surface area is 376 Å².